The molecule has 112 valence electrons. The molecule has 4 heteroatoms. The van der Waals surface area contributed by atoms with E-state index in [1.807, 2.05) is 24.3 Å². The van der Waals surface area contributed by atoms with Crippen molar-refractivity contribution in [2.45, 2.75) is 19.3 Å². The largest absolute Gasteiger partial charge is 0.492 e. The van der Waals surface area contributed by atoms with Crippen molar-refractivity contribution in [1.29, 1.82) is 0 Å². The van der Waals surface area contributed by atoms with Crippen LogP contribution in [0, 0.1) is 0 Å². The van der Waals surface area contributed by atoms with E-state index < -0.39 is 0 Å². The number of halogens is 1. The number of hydrogen-bond donors (Lipinski definition) is 0. The van der Waals surface area contributed by atoms with Gasteiger partial charge in [-0.05, 0) is 50.2 Å². The summed E-state index contributed by atoms with van der Waals surface area (Å²) in [5.41, 5.74) is 0. The molecule has 20 heavy (non-hydrogen) atoms. The fourth-order valence-electron chi connectivity index (χ4n) is 2.26. The lowest BCUT2D eigenvalue weighted by molar-refractivity contribution is 0.183. The van der Waals surface area contributed by atoms with E-state index in [1.165, 1.54) is 32.4 Å². The zero-order chi connectivity index (χ0) is 13.3. The summed E-state index contributed by atoms with van der Waals surface area (Å²) in [6.45, 7) is 8.38. The number of nitrogens with zero attached hydrogens (tertiary/aromatic N) is 1. The van der Waals surface area contributed by atoms with Crippen molar-refractivity contribution in [3.63, 3.8) is 0 Å². The van der Waals surface area contributed by atoms with Gasteiger partial charge in [0.05, 0.1) is 0 Å². The minimum Gasteiger partial charge on any atom is -0.492 e. The maximum absolute atomic E-state index is 5.75. The van der Waals surface area contributed by atoms with Crippen LogP contribution in [0.3, 0.4) is 0 Å². The molecule has 1 saturated heterocycles. The van der Waals surface area contributed by atoms with E-state index in [0.717, 1.165) is 24.7 Å². The van der Waals surface area contributed by atoms with Crippen LogP contribution in [0.15, 0.2) is 36.9 Å². The van der Waals surface area contributed by atoms with Gasteiger partial charge in [-0.15, -0.1) is 12.4 Å². The Bertz CT molecular complexity index is 375. The quantitative estimate of drug-likeness (QED) is 0.719. The number of benzene rings is 1. The Hall–Kier alpha value is -1.19. The summed E-state index contributed by atoms with van der Waals surface area (Å²) in [4.78, 5) is 2.48. The van der Waals surface area contributed by atoms with E-state index in [1.54, 1.807) is 6.08 Å². The van der Waals surface area contributed by atoms with Gasteiger partial charge in [0.25, 0.3) is 0 Å². The van der Waals surface area contributed by atoms with Crippen molar-refractivity contribution in [2.75, 3.05) is 32.8 Å². The van der Waals surface area contributed by atoms with Gasteiger partial charge in [0, 0.05) is 6.54 Å². The van der Waals surface area contributed by atoms with Crippen LogP contribution in [0.25, 0.3) is 0 Å². The first-order valence-electron chi connectivity index (χ1n) is 7.07. The molecule has 0 saturated carbocycles. The molecule has 1 aromatic carbocycles. The van der Waals surface area contributed by atoms with Gasteiger partial charge < -0.3 is 9.47 Å². The van der Waals surface area contributed by atoms with Gasteiger partial charge in [0.15, 0.2) is 0 Å². The van der Waals surface area contributed by atoms with Gasteiger partial charge in [-0.25, -0.2) is 0 Å². The van der Waals surface area contributed by atoms with E-state index in [0.29, 0.717) is 6.61 Å². The maximum Gasteiger partial charge on any atom is 0.120 e. The van der Waals surface area contributed by atoms with E-state index in [2.05, 4.69) is 11.5 Å². The van der Waals surface area contributed by atoms with Crippen molar-refractivity contribution >= 4 is 12.4 Å². The first-order valence-corrected chi connectivity index (χ1v) is 7.07. The van der Waals surface area contributed by atoms with Crippen LogP contribution in [-0.2, 0) is 0 Å². The molecule has 3 nitrogen and oxygen atoms in total. The fourth-order valence-corrected chi connectivity index (χ4v) is 2.26. The molecule has 0 aliphatic carbocycles. The molecule has 1 aliphatic heterocycles. The van der Waals surface area contributed by atoms with Crippen molar-refractivity contribution in [3.05, 3.63) is 36.9 Å². The summed E-state index contributed by atoms with van der Waals surface area (Å²) >= 11 is 0. The van der Waals surface area contributed by atoms with Crippen molar-refractivity contribution < 1.29 is 9.47 Å². The van der Waals surface area contributed by atoms with Gasteiger partial charge in [-0.2, -0.15) is 0 Å². The molecule has 0 aromatic heterocycles. The Labute approximate surface area is 128 Å². The Morgan fingerprint density at radius 3 is 2.20 bits per heavy atom. The molecule has 1 aliphatic rings. The molecule has 0 unspecified atom stereocenters. The van der Waals surface area contributed by atoms with Crippen LogP contribution in [0.5, 0.6) is 11.5 Å². The van der Waals surface area contributed by atoms with Gasteiger partial charge in [0.2, 0.25) is 0 Å². The first-order chi connectivity index (χ1) is 9.38. The molecule has 1 heterocycles. The van der Waals surface area contributed by atoms with Crippen LogP contribution in [0.4, 0.5) is 0 Å². The standard InChI is InChI=1S/C16H23NO2.ClH/c1-2-13-18-15-6-8-16(9-7-15)19-14-12-17-10-4-3-5-11-17;/h2,6-9H,1,3-5,10-14H2;1H. The third-order valence-electron chi connectivity index (χ3n) is 3.32. The summed E-state index contributed by atoms with van der Waals surface area (Å²) in [5.74, 6) is 1.76. The topological polar surface area (TPSA) is 21.7 Å². The van der Waals surface area contributed by atoms with Crippen LogP contribution in [-0.4, -0.2) is 37.7 Å². The van der Waals surface area contributed by atoms with Crippen LogP contribution >= 0.6 is 12.4 Å². The number of hydrogen-bond acceptors (Lipinski definition) is 3. The number of ether oxygens (including phenoxy) is 2. The lowest BCUT2D eigenvalue weighted by Crippen LogP contribution is -2.33. The maximum atomic E-state index is 5.75. The highest BCUT2D eigenvalue weighted by atomic mass is 35.5. The predicted molar refractivity (Wildman–Crippen MR) is 85.2 cm³/mol. The van der Waals surface area contributed by atoms with E-state index in [-0.39, 0.29) is 12.4 Å². The summed E-state index contributed by atoms with van der Waals surface area (Å²) in [5, 5.41) is 0. The molecular weight excluding hydrogens is 274 g/mol. The highest BCUT2D eigenvalue weighted by Gasteiger charge is 2.09. The fraction of sp³-hybridized carbons (Fsp3) is 0.500. The molecule has 1 fully saturated rings. The number of piperidine rings is 1. The molecule has 0 bridgehead atoms. The summed E-state index contributed by atoms with van der Waals surface area (Å²) in [6.07, 6.45) is 5.78. The molecule has 0 spiro atoms. The third-order valence-corrected chi connectivity index (χ3v) is 3.32. The van der Waals surface area contributed by atoms with Gasteiger partial charge in [-0.1, -0.05) is 19.1 Å². The van der Waals surface area contributed by atoms with Crippen molar-refractivity contribution in [1.82, 2.24) is 4.90 Å². The molecule has 0 radical (unpaired) electrons. The second kappa shape index (κ2) is 9.67. The Kier molecular flexibility index (Phi) is 8.16. The minimum atomic E-state index is 0. The number of rotatable bonds is 7. The average molecular weight is 298 g/mol. The Morgan fingerprint density at radius 1 is 1.00 bits per heavy atom. The minimum absolute atomic E-state index is 0. The smallest absolute Gasteiger partial charge is 0.120 e. The first kappa shape index (κ1) is 16.9. The van der Waals surface area contributed by atoms with Crippen LogP contribution < -0.4 is 9.47 Å². The highest BCUT2D eigenvalue weighted by molar-refractivity contribution is 5.85. The lowest BCUT2D eigenvalue weighted by Gasteiger charge is -2.26. The average Bonchev–Trinajstić information content (AvgIpc) is 2.47. The van der Waals surface area contributed by atoms with Gasteiger partial charge in [0.1, 0.15) is 24.7 Å². The van der Waals surface area contributed by atoms with E-state index >= 15 is 0 Å². The van der Waals surface area contributed by atoms with E-state index in [9.17, 15) is 0 Å². The van der Waals surface area contributed by atoms with E-state index in [4.69, 9.17) is 9.47 Å². The molecule has 0 N–H and O–H groups in total. The summed E-state index contributed by atoms with van der Waals surface area (Å²) in [6, 6.07) is 7.77. The summed E-state index contributed by atoms with van der Waals surface area (Å²) in [7, 11) is 0. The van der Waals surface area contributed by atoms with Gasteiger partial charge >= 0.3 is 0 Å². The normalized spacial score (nSPS) is 15.2. The number of likely N-dealkylation sites (tertiary alicyclic amines) is 1. The van der Waals surface area contributed by atoms with Gasteiger partial charge in [-0.3, -0.25) is 4.90 Å². The zero-order valence-electron chi connectivity index (χ0n) is 11.9. The monoisotopic (exact) mass is 297 g/mol. The third kappa shape index (κ3) is 5.85. The van der Waals surface area contributed by atoms with Crippen molar-refractivity contribution in [2.24, 2.45) is 0 Å². The molecule has 0 atom stereocenters. The Morgan fingerprint density at radius 2 is 1.60 bits per heavy atom. The molecular formula is C16H24ClNO2. The van der Waals surface area contributed by atoms with Crippen LogP contribution in [0.2, 0.25) is 0 Å². The molecule has 1 aromatic rings. The second-order valence-corrected chi connectivity index (χ2v) is 4.82. The molecule has 2 rings (SSSR count). The second-order valence-electron chi connectivity index (χ2n) is 4.82. The zero-order valence-corrected chi connectivity index (χ0v) is 12.7. The van der Waals surface area contributed by atoms with Crippen LogP contribution in [0.1, 0.15) is 19.3 Å². The highest BCUT2D eigenvalue weighted by Crippen LogP contribution is 2.17. The Balaban J connectivity index is 0.00000200. The SMILES string of the molecule is C=CCOc1ccc(OCCN2CCCCC2)cc1.Cl. The summed E-state index contributed by atoms with van der Waals surface area (Å²) < 4.78 is 11.2. The lowest BCUT2D eigenvalue weighted by atomic mass is 10.1. The van der Waals surface area contributed by atoms with Crippen molar-refractivity contribution in [3.8, 4) is 11.5 Å². The molecule has 0 amide bonds. The predicted octanol–water partition coefficient (Wildman–Crippen LogP) is 3.54.